The van der Waals surface area contributed by atoms with Crippen LogP contribution in [0.25, 0.3) is 0 Å². The van der Waals surface area contributed by atoms with Gasteiger partial charge in [0.1, 0.15) is 0 Å². The van der Waals surface area contributed by atoms with Crippen molar-refractivity contribution in [2.45, 2.75) is 12.8 Å². The second kappa shape index (κ2) is 12.0. The highest BCUT2D eigenvalue weighted by Crippen LogP contribution is 2.14. The fourth-order valence-electron chi connectivity index (χ4n) is 1.44. The first-order valence-corrected chi connectivity index (χ1v) is 7.07. The number of aliphatic carboxylic acids is 2. The summed E-state index contributed by atoms with van der Waals surface area (Å²) in [5, 5.41) is 18.2. The van der Waals surface area contributed by atoms with Crippen molar-refractivity contribution in [2.24, 2.45) is 0 Å². The Balaban J connectivity index is 4.67. The molecule has 0 radical (unpaired) electrons. The number of ether oxygens (including phenoxy) is 2. The van der Waals surface area contributed by atoms with Gasteiger partial charge < -0.3 is 19.7 Å². The van der Waals surface area contributed by atoms with E-state index in [-0.39, 0.29) is 50.4 Å². The Bertz CT molecular complexity index is 311. The van der Waals surface area contributed by atoms with Gasteiger partial charge in [0.05, 0.1) is 26.4 Å². The lowest BCUT2D eigenvalue weighted by atomic mass is 10.0. The molecule has 0 aromatic heterocycles. The van der Waals surface area contributed by atoms with Crippen molar-refractivity contribution < 1.29 is 29.3 Å². The van der Waals surface area contributed by atoms with Crippen molar-refractivity contribution in [3.8, 4) is 0 Å². The van der Waals surface area contributed by atoms with Gasteiger partial charge in [-0.15, -0.1) is 23.2 Å². The normalized spacial score (nSPS) is 12.1. The van der Waals surface area contributed by atoms with Crippen LogP contribution in [0.2, 0.25) is 0 Å². The maximum atomic E-state index is 11.1. The fraction of sp³-hybridized carbons (Fsp3) is 0.667. The van der Waals surface area contributed by atoms with Crippen molar-refractivity contribution in [1.82, 2.24) is 0 Å². The molecule has 0 aromatic carbocycles. The number of hydrogen-bond acceptors (Lipinski definition) is 4. The Kier molecular flexibility index (Phi) is 11.5. The Morgan fingerprint density at radius 1 is 0.750 bits per heavy atom. The van der Waals surface area contributed by atoms with Crippen LogP contribution in [0.4, 0.5) is 0 Å². The van der Waals surface area contributed by atoms with E-state index < -0.39 is 11.9 Å². The summed E-state index contributed by atoms with van der Waals surface area (Å²) in [6.45, 7) is 0.784. The molecule has 0 heterocycles. The first-order chi connectivity index (χ1) is 9.54. The molecule has 0 spiro atoms. The maximum absolute atomic E-state index is 11.1. The average molecular weight is 329 g/mol. The molecule has 0 bridgehead atoms. The largest absolute Gasteiger partial charge is 0.478 e. The number of alkyl halides is 2. The highest BCUT2D eigenvalue weighted by molar-refractivity contribution is 6.18. The van der Waals surface area contributed by atoms with Gasteiger partial charge in [-0.05, 0) is 0 Å². The molecule has 116 valence electrons. The van der Waals surface area contributed by atoms with Crippen molar-refractivity contribution in [3.05, 3.63) is 11.1 Å². The zero-order chi connectivity index (χ0) is 15.4. The first-order valence-electron chi connectivity index (χ1n) is 6.00. The monoisotopic (exact) mass is 328 g/mol. The number of carboxylic acid groups (broad SMARTS) is 2. The van der Waals surface area contributed by atoms with Gasteiger partial charge in [0, 0.05) is 35.7 Å². The summed E-state index contributed by atoms with van der Waals surface area (Å²) in [6, 6.07) is 0. The molecule has 0 saturated heterocycles. The third-order valence-electron chi connectivity index (χ3n) is 2.32. The minimum Gasteiger partial charge on any atom is -0.478 e. The van der Waals surface area contributed by atoms with Gasteiger partial charge in [-0.1, -0.05) is 0 Å². The average Bonchev–Trinajstić information content (AvgIpc) is 2.39. The Hall–Kier alpha value is -0.820. The summed E-state index contributed by atoms with van der Waals surface area (Å²) in [7, 11) is 0. The molecule has 2 N–H and O–H groups in total. The third kappa shape index (κ3) is 8.37. The number of rotatable bonds is 12. The van der Waals surface area contributed by atoms with Crippen LogP contribution in [0.5, 0.6) is 0 Å². The molecule has 0 aliphatic heterocycles. The van der Waals surface area contributed by atoms with E-state index in [2.05, 4.69) is 0 Å². The molecule has 20 heavy (non-hydrogen) atoms. The highest BCUT2D eigenvalue weighted by atomic mass is 35.5. The Morgan fingerprint density at radius 3 is 1.35 bits per heavy atom. The smallest absolute Gasteiger partial charge is 0.332 e. The Labute approximate surface area is 127 Å². The maximum Gasteiger partial charge on any atom is 0.332 e. The second-order valence-corrected chi connectivity index (χ2v) is 4.43. The zero-order valence-electron chi connectivity index (χ0n) is 10.9. The molecule has 0 rings (SSSR count). The molecule has 6 nitrogen and oxygen atoms in total. The summed E-state index contributed by atoms with van der Waals surface area (Å²) in [4.78, 5) is 22.3. The van der Waals surface area contributed by atoms with Gasteiger partial charge in [-0.3, -0.25) is 0 Å². The van der Waals surface area contributed by atoms with Crippen LogP contribution in [-0.2, 0) is 19.1 Å². The molecular formula is C12H18Cl2O6. The fourth-order valence-corrected chi connectivity index (χ4v) is 1.65. The summed E-state index contributed by atoms with van der Waals surface area (Å²) in [5.41, 5.74) is -0.358. The van der Waals surface area contributed by atoms with Crippen LogP contribution in [0.15, 0.2) is 11.1 Å². The number of halogens is 2. The van der Waals surface area contributed by atoms with Crippen LogP contribution in [0.1, 0.15) is 12.8 Å². The van der Waals surface area contributed by atoms with Crippen LogP contribution < -0.4 is 0 Å². The van der Waals surface area contributed by atoms with Gasteiger partial charge in [-0.2, -0.15) is 0 Å². The SMILES string of the molecule is O=C(O)C(CCOCCCl)=C(CCOCCCl)C(=O)O. The van der Waals surface area contributed by atoms with E-state index in [1.54, 1.807) is 0 Å². The van der Waals surface area contributed by atoms with E-state index in [9.17, 15) is 9.59 Å². The predicted octanol–water partition coefficient (Wildman–Crippen LogP) is 1.74. The zero-order valence-corrected chi connectivity index (χ0v) is 12.5. The van der Waals surface area contributed by atoms with E-state index in [0.717, 1.165) is 0 Å². The van der Waals surface area contributed by atoms with Crippen LogP contribution in [0, 0.1) is 0 Å². The van der Waals surface area contributed by atoms with E-state index >= 15 is 0 Å². The number of hydrogen-bond donors (Lipinski definition) is 2. The molecule has 0 fully saturated rings. The molecule has 0 aromatic rings. The topological polar surface area (TPSA) is 93.1 Å². The van der Waals surface area contributed by atoms with Crippen LogP contribution >= 0.6 is 23.2 Å². The lowest BCUT2D eigenvalue weighted by molar-refractivity contribution is -0.136. The minimum absolute atomic E-state index is 0.00334. The van der Waals surface area contributed by atoms with Crippen LogP contribution in [-0.4, -0.2) is 60.3 Å². The van der Waals surface area contributed by atoms with Crippen molar-refractivity contribution in [3.63, 3.8) is 0 Å². The van der Waals surface area contributed by atoms with Crippen molar-refractivity contribution in [2.75, 3.05) is 38.2 Å². The second-order valence-electron chi connectivity index (χ2n) is 3.67. The first kappa shape index (κ1) is 19.2. The van der Waals surface area contributed by atoms with E-state index in [0.29, 0.717) is 11.8 Å². The molecular weight excluding hydrogens is 311 g/mol. The standard InChI is InChI=1S/C12H18Cl2O6/c13-3-7-19-5-1-9(11(15)16)10(12(17)18)2-6-20-8-4-14/h1-8H2,(H,15,16)(H,17,18). The summed E-state index contributed by atoms with van der Waals surface area (Å²) in [6.07, 6.45) is 0.00667. The number of carbonyl (C=O) groups is 2. The van der Waals surface area contributed by atoms with Gasteiger partial charge in [-0.25, -0.2) is 9.59 Å². The van der Waals surface area contributed by atoms with Crippen molar-refractivity contribution >= 4 is 35.1 Å². The summed E-state index contributed by atoms with van der Waals surface area (Å²) in [5.74, 6) is -1.95. The summed E-state index contributed by atoms with van der Waals surface area (Å²) >= 11 is 10.8. The van der Waals surface area contributed by atoms with Gasteiger partial charge in [0.15, 0.2) is 0 Å². The van der Waals surface area contributed by atoms with E-state index in [1.807, 2.05) is 0 Å². The third-order valence-corrected chi connectivity index (χ3v) is 2.62. The van der Waals surface area contributed by atoms with Gasteiger partial charge in [0.25, 0.3) is 0 Å². The predicted molar refractivity (Wildman–Crippen MR) is 74.6 cm³/mol. The van der Waals surface area contributed by atoms with Crippen LogP contribution in [0.3, 0.4) is 0 Å². The van der Waals surface area contributed by atoms with Gasteiger partial charge >= 0.3 is 11.9 Å². The molecule has 8 heteroatoms. The molecule has 0 amide bonds. The minimum atomic E-state index is -1.27. The van der Waals surface area contributed by atoms with E-state index in [4.69, 9.17) is 42.9 Å². The molecule has 0 unspecified atom stereocenters. The highest BCUT2D eigenvalue weighted by Gasteiger charge is 2.19. The number of carboxylic acids is 2. The lowest BCUT2D eigenvalue weighted by Gasteiger charge is -2.09. The van der Waals surface area contributed by atoms with Crippen molar-refractivity contribution in [1.29, 1.82) is 0 Å². The molecule has 0 aliphatic rings. The molecule has 0 atom stereocenters. The molecule has 0 aliphatic carbocycles. The summed E-state index contributed by atoms with van der Waals surface area (Å²) < 4.78 is 10.1. The molecule has 0 saturated carbocycles. The lowest BCUT2D eigenvalue weighted by Crippen LogP contribution is -2.15. The Morgan fingerprint density at radius 2 is 1.10 bits per heavy atom. The van der Waals surface area contributed by atoms with Gasteiger partial charge in [0.2, 0.25) is 0 Å². The quantitative estimate of drug-likeness (QED) is 0.322. The van der Waals surface area contributed by atoms with E-state index in [1.165, 1.54) is 0 Å².